The molecule has 0 aliphatic carbocycles. The van der Waals surface area contributed by atoms with E-state index in [-0.39, 0.29) is 17.9 Å². The third kappa shape index (κ3) is 5.31. The molecule has 2 aromatic rings. The zero-order valence-corrected chi connectivity index (χ0v) is 15.4. The Kier molecular flexibility index (Phi) is 6.44. The number of carbonyl (C=O) groups is 2. The first-order valence-electron chi connectivity index (χ1n) is 9.20. The molecular formula is C21H24N2O4. The van der Waals surface area contributed by atoms with Crippen LogP contribution >= 0.6 is 0 Å². The predicted molar refractivity (Wildman–Crippen MR) is 103 cm³/mol. The van der Waals surface area contributed by atoms with Gasteiger partial charge in [-0.15, -0.1) is 0 Å². The second kappa shape index (κ2) is 9.19. The highest BCUT2D eigenvalue weighted by Gasteiger charge is 2.17. The monoisotopic (exact) mass is 368 g/mol. The summed E-state index contributed by atoms with van der Waals surface area (Å²) in [6.45, 7) is 3.75. The van der Waals surface area contributed by atoms with Gasteiger partial charge in [0, 0.05) is 30.0 Å². The van der Waals surface area contributed by atoms with Crippen molar-refractivity contribution < 1.29 is 19.1 Å². The number of amides is 2. The number of hydrogen-bond donors (Lipinski definition) is 2. The Morgan fingerprint density at radius 2 is 1.85 bits per heavy atom. The summed E-state index contributed by atoms with van der Waals surface area (Å²) >= 11 is 0. The number of nitrogens with one attached hydrogen (secondary N) is 2. The van der Waals surface area contributed by atoms with Gasteiger partial charge in [0.15, 0.2) is 0 Å². The molecule has 1 aliphatic heterocycles. The van der Waals surface area contributed by atoms with E-state index in [0.29, 0.717) is 30.0 Å². The Balaban J connectivity index is 1.59. The number of hydrogen-bond acceptors (Lipinski definition) is 4. The van der Waals surface area contributed by atoms with Crippen molar-refractivity contribution in [3.8, 4) is 5.75 Å². The smallest absolute Gasteiger partial charge is 0.255 e. The fourth-order valence-electron chi connectivity index (χ4n) is 2.92. The van der Waals surface area contributed by atoms with Crippen LogP contribution in [0, 0.1) is 0 Å². The highest BCUT2D eigenvalue weighted by molar-refractivity contribution is 6.06. The molecule has 1 aliphatic rings. The van der Waals surface area contributed by atoms with E-state index < -0.39 is 0 Å². The van der Waals surface area contributed by atoms with Crippen molar-refractivity contribution in [3.05, 3.63) is 59.7 Å². The first-order valence-corrected chi connectivity index (χ1v) is 9.20. The Morgan fingerprint density at radius 3 is 2.52 bits per heavy atom. The van der Waals surface area contributed by atoms with Gasteiger partial charge in [-0.05, 0) is 62.2 Å². The predicted octanol–water partition coefficient (Wildman–Crippen LogP) is 3.25. The molecule has 2 aromatic carbocycles. The number of rotatable bonds is 7. The fraction of sp³-hybridized carbons (Fsp3) is 0.333. The van der Waals surface area contributed by atoms with Gasteiger partial charge in [-0.3, -0.25) is 9.59 Å². The molecule has 27 heavy (non-hydrogen) atoms. The van der Waals surface area contributed by atoms with Crippen molar-refractivity contribution in [1.82, 2.24) is 5.32 Å². The summed E-state index contributed by atoms with van der Waals surface area (Å²) in [5, 5.41) is 5.69. The number of ether oxygens (including phenoxy) is 2. The van der Waals surface area contributed by atoms with Gasteiger partial charge in [0.1, 0.15) is 5.75 Å². The molecule has 2 amide bonds. The lowest BCUT2D eigenvalue weighted by Gasteiger charge is -2.11. The molecule has 0 spiro atoms. The second-order valence-corrected chi connectivity index (χ2v) is 6.34. The maximum atomic E-state index is 12.5. The third-order valence-corrected chi connectivity index (χ3v) is 4.32. The minimum absolute atomic E-state index is 0.0834. The first-order chi connectivity index (χ1) is 13.2. The quantitative estimate of drug-likeness (QED) is 0.787. The van der Waals surface area contributed by atoms with Crippen LogP contribution in [0.1, 0.15) is 40.5 Å². The van der Waals surface area contributed by atoms with E-state index in [1.807, 2.05) is 6.92 Å². The zero-order valence-electron chi connectivity index (χ0n) is 15.4. The molecule has 6 heteroatoms. The summed E-state index contributed by atoms with van der Waals surface area (Å²) in [7, 11) is 0. The average Bonchev–Trinajstić information content (AvgIpc) is 3.21. The Labute approximate surface area is 158 Å². The summed E-state index contributed by atoms with van der Waals surface area (Å²) in [6, 6.07) is 13.8. The fourth-order valence-corrected chi connectivity index (χ4v) is 2.92. The number of benzene rings is 2. The van der Waals surface area contributed by atoms with Crippen LogP contribution < -0.4 is 15.4 Å². The normalized spacial score (nSPS) is 16.0. The molecule has 1 unspecified atom stereocenters. The van der Waals surface area contributed by atoms with Crippen molar-refractivity contribution in [1.29, 1.82) is 0 Å². The first kappa shape index (κ1) is 18.9. The molecule has 1 atom stereocenters. The van der Waals surface area contributed by atoms with Crippen LogP contribution in [0.4, 0.5) is 5.69 Å². The summed E-state index contributed by atoms with van der Waals surface area (Å²) in [4.78, 5) is 24.8. The highest BCUT2D eigenvalue weighted by Crippen LogP contribution is 2.17. The Bertz CT molecular complexity index is 783. The van der Waals surface area contributed by atoms with Crippen molar-refractivity contribution in [2.75, 3.05) is 25.1 Å². The van der Waals surface area contributed by atoms with Gasteiger partial charge in [-0.1, -0.05) is 6.07 Å². The molecule has 3 rings (SSSR count). The largest absolute Gasteiger partial charge is 0.494 e. The van der Waals surface area contributed by atoms with Gasteiger partial charge in [0.25, 0.3) is 11.8 Å². The van der Waals surface area contributed by atoms with Crippen molar-refractivity contribution in [3.63, 3.8) is 0 Å². The molecule has 0 radical (unpaired) electrons. The van der Waals surface area contributed by atoms with Gasteiger partial charge in [-0.25, -0.2) is 0 Å². The summed E-state index contributed by atoms with van der Waals surface area (Å²) in [5.74, 6) is 0.273. The van der Waals surface area contributed by atoms with Crippen LogP contribution in [0.5, 0.6) is 5.75 Å². The zero-order chi connectivity index (χ0) is 19.1. The van der Waals surface area contributed by atoms with E-state index >= 15 is 0 Å². The van der Waals surface area contributed by atoms with Gasteiger partial charge < -0.3 is 20.1 Å². The average molecular weight is 368 g/mol. The van der Waals surface area contributed by atoms with Gasteiger partial charge in [0.2, 0.25) is 0 Å². The summed E-state index contributed by atoms with van der Waals surface area (Å²) < 4.78 is 10.9. The highest BCUT2D eigenvalue weighted by atomic mass is 16.5. The van der Waals surface area contributed by atoms with Gasteiger partial charge in [0.05, 0.1) is 12.7 Å². The molecule has 2 N–H and O–H groups in total. The lowest BCUT2D eigenvalue weighted by molar-refractivity contribution is 0.0858. The standard InChI is InChI=1S/C21H24N2O4/c1-2-26-18-10-8-17(9-11-18)23-21(25)16-6-3-5-15(13-16)20(24)22-14-19-7-4-12-27-19/h3,5-6,8-11,13,19H,2,4,7,12,14H2,1H3,(H,22,24)(H,23,25). The van der Waals surface area contributed by atoms with E-state index in [1.54, 1.807) is 48.5 Å². The van der Waals surface area contributed by atoms with Crippen molar-refractivity contribution >= 4 is 17.5 Å². The number of carbonyl (C=O) groups excluding carboxylic acids is 2. The van der Waals surface area contributed by atoms with Gasteiger partial charge >= 0.3 is 0 Å². The van der Waals surface area contributed by atoms with E-state index in [1.165, 1.54) is 0 Å². The van der Waals surface area contributed by atoms with Crippen molar-refractivity contribution in [2.45, 2.75) is 25.9 Å². The molecule has 1 saturated heterocycles. The van der Waals surface area contributed by atoms with Crippen LogP contribution in [0.25, 0.3) is 0 Å². The topological polar surface area (TPSA) is 76.7 Å². The van der Waals surface area contributed by atoms with Crippen LogP contribution in [0.15, 0.2) is 48.5 Å². The maximum Gasteiger partial charge on any atom is 0.255 e. The molecule has 142 valence electrons. The van der Waals surface area contributed by atoms with Crippen LogP contribution in [-0.2, 0) is 4.74 Å². The van der Waals surface area contributed by atoms with Gasteiger partial charge in [-0.2, -0.15) is 0 Å². The summed E-state index contributed by atoms with van der Waals surface area (Å²) in [6.07, 6.45) is 2.08. The van der Waals surface area contributed by atoms with Crippen LogP contribution in [0.2, 0.25) is 0 Å². The van der Waals surface area contributed by atoms with E-state index in [4.69, 9.17) is 9.47 Å². The molecule has 1 heterocycles. The lowest BCUT2D eigenvalue weighted by atomic mass is 10.1. The molecular weight excluding hydrogens is 344 g/mol. The Hall–Kier alpha value is -2.86. The van der Waals surface area contributed by atoms with Crippen LogP contribution in [0.3, 0.4) is 0 Å². The molecule has 0 bridgehead atoms. The molecule has 0 saturated carbocycles. The Morgan fingerprint density at radius 1 is 1.11 bits per heavy atom. The third-order valence-electron chi connectivity index (χ3n) is 4.32. The second-order valence-electron chi connectivity index (χ2n) is 6.34. The minimum atomic E-state index is -0.270. The SMILES string of the molecule is CCOc1ccc(NC(=O)c2cccc(C(=O)NCC3CCCO3)c2)cc1. The maximum absolute atomic E-state index is 12.5. The lowest BCUT2D eigenvalue weighted by Crippen LogP contribution is -2.31. The van der Waals surface area contributed by atoms with E-state index in [0.717, 1.165) is 25.2 Å². The molecule has 0 aromatic heterocycles. The van der Waals surface area contributed by atoms with Crippen LogP contribution in [-0.4, -0.2) is 37.7 Å². The van der Waals surface area contributed by atoms with E-state index in [2.05, 4.69) is 10.6 Å². The van der Waals surface area contributed by atoms with Crippen molar-refractivity contribution in [2.24, 2.45) is 0 Å². The van der Waals surface area contributed by atoms with E-state index in [9.17, 15) is 9.59 Å². The summed E-state index contributed by atoms with van der Waals surface area (Å²) in [5.41, 5.74) is 1.54. The number of anilines is 1. The molecule has 1 fully saturated rings. The minimum Gasteiger partial charge on any atom is -0.494 e. The molecule has 6 nitrogen and oxygen atoms in total.